The zero-order chi connectivity index (χ0) is 11.7. The second-order valence-corrected chi connectivity index (χ2v) is 4.00. The van der Waals surface area contributed by atoms with E-state index in [2.05, 4.69) is 15.7 Å². The van der Waals surface area contributed by atoms with Crippen LogP contribution in [0.25, 0.3) is 0 Å². The standard InChI is InChI=1S/C9H15N5O2/c1-6-8(14(15)16)9(13(2)12-6)11-7-3-4-10-5-7/h7,10-11H,3-5H2,1-2H3. The minimum atomic E-state index is -0.382. The van der Waals surface area contributed by atoms with E-state index in [4.69, 9.17) is 0 Å². The second-order valence-electron chi connectivity index (χ2n) is 4.00. The van der Waals surface area contributed by atoms with Gasteiger partial charge in [0, 0.05) is 19.6 Å². The van der Waals surface area contributed by atoms with Crippen LogP contribution in [0.5, 0.6) is 0 Å². The Balaban J connectivity index is 2.27. The Bertz CT molecular complexity index is 408. The minimum Gasteiger partial charge on any atom is -0.360 e. The molecule has 1 unspecified atom stereocenters. The number of nitrogens with zero attached hydrogens (tertiary/aromatic N) is 3. The molecule has 0 radical (unpaired) electrons. The van der Waals surface area contributed by atoms with E-state index in [9.17, 15) is 10.1 Å². The van der Waals surface area contributed by atoms with Crippen LogP contribution in [0.15, 0.2) is 0 Å². The highest BCUT2D eigenvalue weighted by Gasteiger charge is 2.26. The summed E-state index contributed by atoms with van der Waals surface area (Å²) in [5.41, 5.74) is 0.523. The molecule has 0 bridgehead atoms. The van der Waals surface area contributed by atoms with Crippen molar-refractivity contribution >= 4 is 11.5 Å². The Kier molecular flexibility index (Phi) is 2.78. The SMILES string of the molecule is Cc1nn(C)c(NC2CCNC2)c1[N+](=O)[O-]. The molecule has 2 N–H and O–H groups in total. The van der Waals surface area contributed by atoms with Crippen LogP contribution >= 0.6 is 0 Å². The van der Waals surface area contributed by atoms with Gasteiger partial charge < -0.3 is 10.6 Å². The van der Waals surface area contributed by atoms with Crippen LogP contribution in [-0.4, -0.2) is 33.8 Å². The molecular weight excluding hydrogens is 210 g/mol. The summed E-state index contributed by atoms with van der Waals surface area (Å²) < 4.78 is 1.53. The Hall–Kier alpha value is -1.63. The van der Waals surface area contributed by atoms with E-state index in [1.165, 1.54) is 4.68 Å². The molecule has 88 valence electrons. The van der Waals surface area contributed by atoms with E-state index in [0.717, 1.165) is 19.5 Å². The number of aryl methyl sites for hydroxylation is 2. The van der Waals surface area contributed by atoms with Gasteiger partial charge in [0.1, 0.15) is 5.69 Å². The first kappa shape index (κ1) is 10.9. The third kappa shape index (κ3) is 1.85. The van der Waals surface area contributed by atoms with Gasteiger partial charge in [0.05, 0.1) is 4.92 Å². The van der Waals surface area contributed by atoms with Crippen molar-refractivity contribution in [2.45, 2.75) is 19.4 Å². The van der Waals surface area contributed by atoms with Gasteiger partial charge in [-0.25, -0.2) is 4.68 Å². The van der Waals surface area contributed by atoms with Gasteiger partial charge in [0.15, 0.2) is 0 Å². The Morgan fingerprint density at radius 1 is 1.69 bits per heavy atom. The topological polar surface area (TPSA) is 85.0 Å². The van der Waals surface area contributed by atoms with Crippen molar-refractivity contribution in [2.24, 2.45) is 7.05 Å². The third-order valence-corrected chi connectivity index (χ3v) is 2.77. The lowest BCUT2D eigenvalue weighted by molar-refractivity contribution is -0.384. The lowest BCUT2D eigenvalue weighted by Crippen LogP contribution is -2.23. The smallest absolute Gasteiger partial charge is 0.333 e. The van der Waals surface area contributed by atoms with Crippen molar-refractivity contribution in [2.75, 3.05) is 18.4 Å². The fourth-order valence-electron chi connectivity index (χ4n) is 2.00. The van der Waals surface area contributed by atoms with Crippen molar-refractivity contribution in [3.05, 3.63) is 15.8 Å². The van der Waals surface area contributed by atoms with Crippen LogP contribution < -0.4 is 10.6 Å². The number of nitrogens with one attached hydrogen (secondary N) is 2. The maximum absolute atomic E-state index is 10.9. The van der Waals surface area contributed by atoms with Gasteiger partial charge in [-0.15, -0.1) is 0 Å². The predicted octanol–water partition coefficient (Wildman–Crippen LogP) is 0.411. The highest BCUT2D eigenvalue weighted by molar-refractivity contribution is 5.60. The molecular formula is C9H15N5O2. The quantitative estimate of drug-likeness (QED) is 0.575. The highest BCUT2D eigenvalue weighted by Crippen LogP contribution is 2.28. The lowest BCUT2D eigenvalue weighted by Gasteiger charge is -2.11. The van der Waals surface area contributed by atoms with Crippen LogP contribution in [0.3, 0.4) is 0 Å². The third-order valence-electron chi connectivity index (χ3n) is 2.77. The van der Waals surface area contributed by atoms with Crippen LogP contribution in [0.2, 0.25) is 0 Å². The van der Waals surface area contributed by atoms with Gasteiger partial charge in [0.25, 0.3) is 0 Å². The summed E-state index contributed by atoms with van der Waals surface area (Å²) in [5.74, 6) is 0.496. The molecule has 2 rings (SSSR count). The molecule has 2 heterocycles. The molecule has 1 aromatic heterocycles. The number of nitro groups is 1. The molecule has 7 heteroatoms. The number of rotatable bonds is 3. The molecule has 7 nitrogen and oxygen atoms in total. The summed E-state index contributed by atoms with van der Waals surface area (Å²) in [6.45, 7) is 3.43. The summed E-state index contributed by atoms with van der Waals surface area (Å²) in [7, 11) is 1.71. The zero-order valence-corrected chi connectivity index (χ0v) is 9.36. The van der Waals surface area contributed by atoms with E-state index in [-0.39, 0.29) is 16.7 Å². The van der Waals surface area contributed by atoms with Gasteiger partial charge >= 0.3 is 5.69 Å². The average Bonchev–Trinajstić information content (AvgIpc) is 2.76. The first-order valence-corrected chi connectivity index (χ1v) is 5.25. The molecule has 16 heavy (non-hydrogen) atoms. The molecule has 0 aliphatic carbocycles. The Morgan fingerprint density at radius 3 is 3.00 bits per heavy atom. The number of hydrogen-bond acceptors (Lipinski definition) is 5. The maximum atomic E-state index is 10.9. The second kappa shape index (κ2) is 4.09. The summed E-state index contributed by atoms with van der Waals surface area (Å²) >= 11 is 0. The van der Waals surface area contributed by atoms with Crippen LogP contribution in [0, 0.1) is 17.0 Å². The predicted molar refractivity (Wildman–Crippen MR) is 59.5 cm³/mol. The zero-order valence-electron chi connectivity index (χ0n) is 9.36. The Morgan fingerprint density at radius 2 is 2.44 bits per heavy atom. The van der Waals surface area contributed by atoms with Crippen molar-refractivity contribution in [3.8, 4) is 0 Å². The largest absolute Gasteiger partial charge is 0.360 e. The van der Waals surface area contributed by atoms with Crippen LogP contribution in [-0.2, 0) is 7.05 Å². The molecule has 1 aliphatic heterocycles. The molecule has 1 aromatic rings. The van der Waals surface area contributed by atoms with Crippen molar-refractivity contribution < 1.29 is 4.92 Å². The molecule has 0 spiro atoms. The number of anilines is 1. The summed E-state index contributed by atoms with van der Waals surface area (Å²) in [4.78, 5) is 10.5. The lowest BCUT2D eigenvalue weighted by atomic mass is 10.2. The van der Waals surface area contributed by atoms with Crippen molar-refractivity contribution in [3.63, 3.8) is 0 Å². The average molecular weight is 225 g/mol. The van der Waals surface area contributed by atoms with Crippen LogP contribution in [0.1, 0.15) is 12.1 Å². The molecule has 0 aromatic carbocycles. The maximum Gasteiger partial charge on any atom is 0.333 e. The molecule has 1 atom stereocenters. The summed E-state index contributed by atoms with van der Waals surface area (Å²) in [5, 5.41) is 21.4. The highest BCUT2D eigenvalue weighted by atomic mass is 16.6. The summed E-state index contributed by atoms with van der Waals surface area (Å²) in [6.07, 6.45) is 0.974. The van der Waals surface area contributed by atoms with Gasteiger partial charge in [0.2, 0.25) is 5.82 Å². The van der Waals surface area contributed by atoms with E-state index in [1.54, 1.807) is 14.0 Å². The van der Waals surface area contributed by atoms with E-state index < -0.39 is 0 Å². The first-order valence-electron chi connectivity index (χ1n) is 5.25. The molecule has 0 saturated carbocycles. The van der Waals surface area contributed by atoms with Crippen molar-refractivity contribution in [1.29, 1.82) is 0 Å². The van der Waals surface area contributed by atoms with E-state index in [1.807, 2.05) is 0 Å². The van der Waals surface area contributed by atoms with Crippen LogP contribution in [0.4, 0.5) is 11.5 Å². The van der Waals surface area contributed by atoms with Gasteiger partial charge in [-0.3, -0.25) is 10.1 Å². The fraction of sp³-hybridized carbons (Fsp3) is 0.667. The van der Waals surface area contributed by atoms with Gasteiger partial charge in [-0.05, 0) is 19.9 Å². The Labute approximate surface area is 93.0 Å². The molecule has 1 aliphatic rings. The first-order chi connectivity index (χ1) is 7.59. The molecule has 1 fully saturated rings. The van der Waals surface area contributed by atoms with Crippen molar-refractivity contribution in [1.82, 2.24) is 15.1 Å². The monoisotopic (exact) mass is 225 g/mol. The molecule has 1 saturated heterocycles. The van der Waals surface area contributed by atoms with Gasteiger partial charge in [-0.1, -0.05) is 0 Å². The van der Waals surface area contributed by atoms with E-state index in [0.29, 0.717) is 11.5 Å². The summed E-state index contributed by atoms with van der Waals surface area (Å²) in [6, 6.07) is 0.244. The fourth-order valence-corrected chi connectivity index (χ4v) is 2.00. The normalized spacial score (nSPS) is 20.0. The minimum absolute atomic E-state index is 0.0781. The van der Waals surface area contributed by atoms with E-state index >= 15 is 0 Å². The number of hydrogen-bond donors (Lipinski definition) is 2. The van der Waals surface area contributed by atoms with Gasteiger partial charge in [-0.2, -0.15) is 5.10 Å². The number of aromatic nitrogens is 2. The molecule has 0 amide bonds.